The molecular formula is C12H26N2OS. The van der Waals surface area contributed by atoms with Crippen molar-refractivity contribution in [3.63, 3.8) is 0 Å². The van der Waals surface area contributed by atoms with Gasteiger partial charge in [-0.05, 0) is 32.7 Å². The van der Waals surface area contributed by atoms with Gasteiger partial charge >= 0.3 is 0 Å². The van der Waals surface area contributed by atoms with E-state index in [0.29, 0.717) is 17.8 Å². The zero-order valence-electron chi connectivity index (χ0n) is 11.0. The van der Waals surface area contributed by atoms with Crippen LogP contribution in [-0.4, -0.2) is 29.0 Å². The molecule has 2 unspecified atom stereocenters. The highest BCUT2D eigenvalue weighted by Gasteiger charge is 2.18. The van der Waals surface area contributed by atoms with E-state index in [4.69, 9.17) is 5.73 Å². The summed E-state index contributed by atoms with van der Waals surface area (Å²) in [6.45, 7) is 8.98. The van der Waals surface area contributed by atoms with E-state index in [2.05, 4.69) is 26.1 Å². The Morgan fingerprint density at radius 3 is 2.31 bits per heavy atom. The van der Waals surface area contributed by atoms with Crippen LogP contribution in [0.5, 0.6) is 0 Å². The van der Waals surface area contributed by atoms with Crippen molar-refractivity contribution >= 4 is 17.7 Å². The van der Waals surface area contributed by atoms with Crippen LogP contribution >= 0.6 is 11.8 Å². The Morgan fingerprint density at radius 2 is 1.88 bits per heavy atom. The van der Waals surface area contributed by atoms with E-state index in [9.17, 15) is 4.79 Å². The molecule has 16 heavy (non-hydrogen) atoms. The van der Waals surface area contributed by atoms with Crippen molar-refractivity contribution in [2.45, 2.75) is 63.5 Å². The molecule has 4 heteroatoms. The molecule has 0 saturated heterocycles. The topological polar surface area (TPSA) is 55.1 Å². The largest absolute Gasteiger partial charge is 0.352 e. The van der Waals surface area contributed by atoms with Gasteiger partial charge in [0.05, 0.1) is 5.25 Å². The van der Waals surface area contributed by atoms with Crippen LogP contribution in [0.15, 0.2) is 0 Å². The van der Waals surface area contributed by atoms with Crippen molar-refractivity contribution in [1.29, 1.82) is 0 Å². The number of nitrogens with two attached hydrogens (primary N) is 1. The van der Waals surface area contributed by atoms with Gasteiger partial charge in [0, 0.05) is 11.3 Å². The van der Waals surface area contributed by atoms with Gasteiger partial charge in [0.1, 0.15) is 0 Å². The van der Waals surface area contributed by atoms with Gasteiger partial charge < -0.3 is 11.1 Å². The minimum absolute atomic E-state index is 0.0159. The average molecular weight is 246 g/mol. The van der Waals surface area contributed by atoms with Gasteiger partial charge in [0.2, 0.25) is 5.91 Å². The predicted octanol–water partition coefficient (Wildman–Crippen LogP) is 2.15. The smallest absolute Gasteiger partial charge is 0.233 e. The zero-order chi connectivity index (χ0) is 12.6. The maximum Gasteiger partial charge on any atom is 0.233 e. The summed E-state index contributed by atoms with van der Waals surface area (Å²) >= 11 is 1.70. The fourth-order valence-corrected chi connectivity index (χ4v) is 2.69. The van der Waals surface area contributed by atoms with Gasteiger partial charge in [-0.25, -0.2) is 0 Å². The van der Waals surface area contributed by atoms with Crippen LogP contribution in [0.4, 0.5) is 0 Å². The summed E-state index contributed by atoms with van der Waals surface area (Å²) < 4.78 is 0. The SMILES string of the molecule is CCC(CC)NC(=O)C(C)SC(C)CCN. The summed E-state index contributed by atoms with van der Waals surface area (Å²) in [4.78, 5) is 11.8. The molecule has 0 aromatic rings. The van der Waals surface area contributed by atoms with Crippen LogP contribution in [0.3, 0.4) is 0 Å². The molecule has 0 spiro atoms. The second-order valence-electron chi connectivity index (χ2n) is 4.19. The molecule has 3 nitrogen and oxygen atoms in total. The van der Waals surface area contributed by atoms with Gasteiger partial charge in [-0.1, -0.05) is 20.8 Å². The van der Waals surface area contributed by atoms with Crippen molar-refractivity contribution < 1.29 is 4.79 Å². The number of thioether (sulfide) groups is 1. The molecule has 96 valence electrons. The molecule has 0 aliphatic heterocycles. The fraction of sp³-hybridized carbons (Fsp3) is 0.917. The van der Waals surface area contributed by atoms with Crippen molar-refractivity contribution in [2.75, 3.05) is 6.54 Å². The quantitative estimate of drug-likeness (QED) is 0.690. The summed E-state index contributed by atoms with van der Waals surface area (Å²) in [5.41, 5.74) is 5.49. The van der Waals surface area contributed by atoms with E-state index in [1.165, 1.54) is 0 Å². The molecule has 0 rings (SSSR count). The van der Waals surface area contributed by atoms with Crippen LogP contribution in [0.1, 0.15) is 47.0 Å². The molecule has 0 aromatic heterocycles. The lowest BCUT2D eigenvalue weighted by atomic mass is 10.2. The molecule has 0 saturated carbocycles. The third kappa shape index (κ3) is 6.38. The van der Waals surface area contributed by atoms with Crippen LogP contribution in [-0.2, 0) is 4.79 Å². The van der Waals surface area contributed by atoms with Crippen LogP contribution in [0.2, 0.25) is 0 Å². The first kappa shape index (κ1) is 15.8. The van der Waals surface area contributed by atoms with Crippen LogP contribution in [0.25, 0.3) is 0 Å². The molecule has 0 radical (unpaired) electrons. The number of carbonyl (C=O) groups excluding carboxylic acids is 1. The minimum atomic E-state index is 0.0159. The molecule has 1 amide bonds. The lowest BCUT2D eigenvalue weighted by Crippen LogP contribution is -2.39. The van der Waals surface area contributed by atoms with Gasteiger partial charge in [-0.15, -0.1) is 11.8 Å². The number of amides is 1. The lowest BCUT2D eigenvalue weighted by molar-refractivity contribution is -0.121. The van der Waals surface area contributed by atoms with Crippen molar-refractivity contribution in [3.05, 3.63) is 0 Å². The number of hydrogen-bond acceptors (Lipinski definition) is 3. The van der Waals surface area contributed by atoms with Crippen LogP contribution in [0, 0.1) is 0 Å². The van der Waals surface area contributed by atoms with Crippen molar-refractivity contribution in [3.8, 4) is 0 Å². The fourth-order valence-electron chi connectivity index (χ4n) is 1.52. The molecule has 0 heterocycles. The summed E-state index contributed by atoms with van der Waals surface area (Å²) in [5.74, 6) is 0.155. The molecule has 0 aromatic carbocycles. The highest BCUT2D eigenvalue weighted by atomic mass is 32.2. The summed E-state index contributed by atoms with van der Waals surface area (Å²) in [6.07, 6.45) is 2.96. The number of hydrogen-bond donors (Lipinski definition) is 2. The normalized spacial score (nSPS) is 14.9. The van der Waals surface area contributed by atoms with Crippen LogP contribution < -0.4 is 11.1 Å². The molecular weight excluding hydrogens is 220 g/mol. The van der Waals surface area contributed by atoms with Gasteiger partial charge in [0.25, 0.3) is 0 Å². The molecule has 0 bridgehead atoms. The Hall–Kier alpha value is -0.220. The van der Waals surface area contributed by atoms with E-state index in [0.717, 1.165) is 19.3 Å². The van der Waals surface area contributed by atoms with Crippen molar-refractivity contribution in [1.82, 2.24) is 5.32 Å². The maximum atomic E-state index is 11.8. The molecule has 0 aliphatic rings. The van der Waals surface area contributed by atoms with E-state index in [1.54, 1.807) is 11.8 Å². The number of rotatable bonds is 8. The second kappa shape index (κ2) is 8.88. The first-order valence-electron chi connectivity index (χ1n) is 6.20. The van der Waals surface area contributed by atoms with Gasteiger partial charge in [0.15, 0.2) is 0 Å². The summed E-state index contributed by atoms with van der Waals surface area (Å²) in [5, 5.41) is 3.54. The Kier molecular flexibility index (Phi) is 8.76. The third-order valence-electron chi connectivity index (χ3n) is 2.71. The lowest BCUT2D eigenvalue weighted by Gasteiger charge is -2.20. The molecule has 2 atom stereocenters. The van der Waals surface area contributed by atoms with E-state index < -0.39 is 0 Å². The van der Waals surface area contributed by atoms with Gasteiger partial charge in [-0.2, -0.15) is 0 Å². The molecule has 0 fully saturated rings. The van der Waals surface area contributed by atoms with E-state index in [-0.39, 0.29) is 11.2 Å². The summed E-state index contributed by atoms with van der Waals surface area (Å²) in [7, 11) is 0. The Labute approximate surface area is 104 Å². The Bertz CT molecular complexity index is 195. The standard InChI is InChI=1S/C12H26N2OS/c1-5-11(6-2)14-12(15)10(4)16-9(3)7-8-13/h9-11H,5-8,13H2,1-4H3,(H,14,15). The summed E-state index contributed by atoms with van der Waals surface area (Å²) in [6, 6.07) is 0.320. The Morgan fingerprint density at radius 1 is 1.31 bits per heavy atom. The molecule has 0 aliphatic carbocycles. The maximum absolute atomic E-state index is 11.8. The van der Waals surface area contributed by atoms with Gasteiger partial charge in [-0.3, -0.25) is 4.79 Å². The number of carbonyl (C=O) groups is 1. The third-order valence-corrected chi connectivity index (χ3v) is 4.03. The molecule has 3 N–H and O–H groups in total. The monoisotopic (exact) mass is 246 g/mol. The highest BCUT2D eigenvalue weighted by Crippen LogP contribution is 2.20. The predicted molar refractivity (Wildman–Crippen MR) is 72.7 cm³/mol. The average Bonchev–Trinajstić information content (AvgIpc) is 2.25. The first-order chi connectivity index (χ1) is 7.54. The van der Waals surface area contributed by atoms with Crippen molar-refractivity contribution in [2.24, 2.45) is 5.73 Å². The minimum Gasteiger partial charge on any atom is -0.352 e. The second-order valence-corrected chi connectivity index (χ2v) is 5.97. The van der Waals surface area contributed by atoms with E-state index in [1.807, 2.05) is 6.92 Å². The highest BCUT2D eigenvalue weighted by molar-refractivity contribution is 8.01. The number of nitrogens with one attached hydrogen (secondary N) is 1. The zero-order valence-corrected chi connectivity index (χ0v) is 11.8. The Balaban J connectivity index is 3.97. The van der Waals surface area contributed by atoms with E-state index >= 15 is 0 Å². The first-order valence-corrected chi connectivity index (χ1v) is 7.15.